The highest BCUT2D eigenvalue weighted by Gasteiger charge is 2.12. The van der Waals surface area contributed by atoms with Crippen molar-refractivity contribution in [1.29, 1.82) is 0 Å². The molecule has 1 aromatic rings. The number of para-hydroxylation sites is 1. The van der Waals surface area contributed by atoms with E-state index in [-0.39, 0.29) is 0 Å². The number of rotatable bonds is 8. The molecule has 2 nitrogen and oxygen atoms in total. The summed E-state index contributed by atoms with van der Waals surface area (Å²) in [6, 6.07) is 11.1. The summed E-state index contributed by atoms with van der Waals surface area (Å²) >= 11 is 0. The van der Waals surface area contributed by atoms with Gasteiger partial charge in [0.15, 0.2) is 0 Å². The number of benzene rings is 1. The van der Waals surface area contributed by atoms with Crippen molar-refractivity contribution in [2.45, 2.75) is 38.7 Å². The SMILES string of the molecule is CCCCCC[SiH](OC)Oc1ccccc1. The van der Waals surface area contributed by atoms with Crippen molar-refractivity contribution in [3.8, 4) is 5.75 Å². The van der Waals surface area contributed by atoms with Crippen LogP contribution < -0.4 is 4.43 Å². The normalized spacial score (nSPS) is 12.4. The molecule has 0 heterocycles. The molecule has 0 fully saturated rings. The lowest BCUT2D eigenvalue weighted by Crippen LogP contribution is -2.24. The van der Waals surface area contributed by atoms with E-state index in [1.54, 1.807) is 7.11 Å². The van der Waals surface area contributed by atoms with Crippen LogP contribution in [0.15, 0.2) is 30.3 Å². The standard InChI is InChI=1S/C13H22O2Si/c1-3-4-5-9-12-16(14-2)15-13-10-7-6-8-11-13/h6-8,10-11,16H,3-5,9,12H2,1-2H3. The minimum Gasteiger partial charge on any atom is -0.522 e. The average Bonchev–Trinajstić information content (AvgIpc) is 2.34. The summed E-state index contributed by atoms with van der Waals surface area (Å²) in [5, 5.41) is 0. The second kappa shape index (κ2) is 8.36. The average molecular weight is 238 g/mol. The maximum atomic E-state index is 5.86. The summed E-state index contributed by atoms with van der Waals surface area (Å²) in [7, 11) is 0.281. The van der Waals surface area contributed by atoms with Crippen LogP contribution in [-0.2, 0) is 4.43 Å². The second-order valence-corrected chi connectivity index (χ2v) is 6.09. The molecule has 0 N–H and O–H groups in total. The van der Waals surface area contributed by atoms with Gasteiger partial charge in [-0.1, -0.05) is 50.8 Å². The maximum absolute atomic E-state index is 5.86. The largest absolute Gasteiger partial charge is 0.522 e. The van der Waals surface area contributed by atoms with E-state index in [9.17, 15) is 0 Å². The maximum Gasteiger partial charge on any atom is 0.382 e. The van der Waals surface area contributed by atoms with Crippen molar-refractivity contribution in [3.63, 3.8) is 0 Å². The predicted octanol–water partition coefficient (Wildman–Crippen LogP) is 3.51. The van der Waals surface area contributed by atoms with Gasteiger partial charge in [0.25, 0.3) is 0 Å². The van der Waals surface area contributed by atoms with E-state index in [0.717, 1.165) is 11.8 Å². The third-order valence-electron chi connectivity index (χ3n) is 2.57. The Balaban J connectivity index is 2.26. The van der Waals surface area contributed by atoms with E-state index in [1.807, 2.05) is 30.3 Å². The first-order chi connectivity index (χ1) is 7.86. The monoisotopic (exact) mass is 238 g/mol. The molecule has 0 radical (unpaired) electrons. The van der Waals surface area contributed by atoms with Crippen molar-refractivity contribution < 1.29 is 8.85 Å². The zero-order valence-electron chi connectivity index (χ0n) is 10.3. The van der Waals surface area contributed by atoms with Crippen LogP contribution in [0.25, 0.3) is 0 Å². The van der Waals surface area contributed by atoms with Crippen molar-refractivity contribution in [3.05, 3.63) is 30.3 Å². The summed E-state index contributed by atoms with van der Waals surface area (Å²) in [4.78, 5) is 0. The van der Waals surface area contributed by atoms with Crippen LogP contribution >= 0.6 is 0 Å². The lowest BCUT2D eigenvalue weighted by Gasteiger charge is -2.15. The Kier molecular flexibility index (Phi) is 6.93. The fourth-order valence-corrected chi connectivity index (χ4v) is 3.15. The molecule has 0 aliphatic rings. The molecule has 1 unspecified atom stereocenters. The van der Waals surface area contributed by atoms with Gasteiger partial charge < -0.3 is 8.85 Å². The van der Waals surface area contributed by atoms with Gasteiger partial charge in [-0.15, -0.1) is 0 Å². The molecule has 1 atom stereocenters. The highest BCUT2D eigenvalue weighted by Crippen LogP contribution is 2.13. The van der Waals surface area contributed by atoms with Gasteiger partial charge in [0.2, 0.25) is 0 Å². The first kappa shape index (κ1) is 13.3. The Morgan fingerprint density at radius 3 is 2.44 bits per heavy atom. The number of hydrogen-bond donors (Lipinski definition) is 0. The Labute approximate surface area is 100 Å². The number of unbranched alkanes of at least 4 members (excludes halogenated alkanes) is 3. The zero-order chi connectivity index (χ0) is 11.6. The van der Waals surface area contributed by atoms with E-state index >= 15 is 0 Å². The molecular weight excluding hydrogens is 216 g/mol. The van der Waals surface area contributed by atoms with Gasteiger partial charge in [-0.3, -0.25) is 0 Å². The molecule has 0 amide bonds. The van der Waals surface area contributed by atoms with Crippen LogP contribution in [0.4, 0.5) is 0 Å². The predicted molar refractivity (Wildman–Crippen MR) is 70.2 cm³/mol. The highest BCUT2D eigenvalue weighted by atomic mass is 28.3. The minimum absolute atomic E-state index is 0.941. The summed E-state index contributed by atoms with van der Waals surface area (Å²) in [6.45, 7) is 2.23. The molecule has 1 aromatic carbocycles. The van der Waals surface area contributed by atoms with Gasteiger partial charge in [0.05, 0.1) is 0 Å². The van der Waals surface area contributed by atoms with Crippen LogP contribution in [0.2, 0.25) is 6.04 Å². The Hall–Kier alpha value is -0.803. The van der Waals surface area contributed by atoms with Crippen molar-refractivity contribution in [2.75, 3.05) is 7.11 Å². The third-order valence-corrected chi connectivity index (χ3v) is 4.51. The van der Waals surface area contributed by atoms with Crippen LogP contribution in [0.3, 0.4) is 0 Å². The molecule has 0 spiro atoms. The molecule has 90 valence electrons. The molecule has 0 saturated carbocycles. The van der Waals surface area contributed by atoms with Crippen molar-refractivity contribution in [1.82, 2.24) is 0 Å². The number of hydrogen-bond acceptors (Lipinski definition) is 2. The van der Waals surface area contributed by atoms with Gasteiger partial charge in [-0.2, -0.15) is 0 Å². The van der Waals surface area contributed by atoms with E-state index in [2.05, 4.69) is 6.92 Å². The molecule has 0 aromatic heterocycles. The zero-order valence-corrected chi connectivity index (χ0v) is 11.5. The quantitative estimate of drug-likeness (QED) is 0.509. The topological polar surface area (TPSA) is 18.5 Å². The molecular formula is C13H22O2Si. The lowest BCUT2D eigenvalue weighted by molar-refractivity contribution is 0.331. The molecule has 0 aliphatic carbocycles. The minimum atomic E-state index is -1.48. The second-order valence-electron chi connectivity index (χ2n) is 3.95. The van der Waals surface area contributed by atoms with E-state index in [4.69, 9.17) is 8.85 Å². The van der Waals surface area contributed by atoms with E-state index in [1.165, 1.54) is 25.7 Å². The van der Waals surface area contributed by atoms with Gasteiger partial charge in [-0.25, -0.2) is 0 Å². The van der Waals surface area contributed by atoms with Gasteiger partial charge in [-0.05, 0) is 18.2 Å². The van der Waals surface area contributed by atoms with Crippen LogP contribution in [-0.4, -0.2) is 16.4 Å². The van der Waals surface area contributed by atoms with Gasteiger partial charge >= 0.3 is 9.28 Å². The van der Waals surface area contributed by atoms with Gasteiger partial charge in [0, 0.05) is 7.11 Å². The fraction of sp³-hybridized carbons (Fsp3) is 0.538. The van der Waals surface area contributed by atoms with Crippen LogP contribution in [0.1, 0.15) is 32.6 Å². The molecule has 3 heteroatoms. The first-order valence-electron chi connectivity index (χ1n) is 6.11. The molecule has 0 aliphatic heterocycles. The molecule has 16 heavy (non-hydrogen) atoms. The summed E-state index contributed by atoms with van der Waals surface area (Å²) in [5.74, 6) is 0.941. The molecule has 0 bridgehead atoms. The van der Waals surface area contributed by atoms with Crippen LogP contribution in [0.5, 0.6) is 5.75 Å². The molecule has 1 rings (SSSR count). The molecule has 0 saturated heterocycles. The van der Waals surface area contributed by atoms with Crippen molar-refractivity contribution >= 4 is 9.28 Å². The van der Waals surface area contributed by atoms with E-state index < -0.39 is 9.28 Å². The first-order valence-corrected chi connectivity index (χ1v) is 7.87. The Morgan fingerprint density at radius 2 is 1.81 bits per heavy atom. The Morgan fingerprint density at radius 1 is 1.06 bits per heavy atom. The fourth-order valence-electron chi connectivity index (χ4n) is 1.61. The summed E-state index contributed by atoms with van der Waals surface area (Å²) < 4.78 is 11.3. The van der Waals surface area contributed by atoms with E-state index in [0.29, 0.717) is 0 Å². The summed E-state index contributed by atoms with van der Waals surface area (Å²) in [5.41, 5.74) is 0. The van der Waals surface area contributed by atoms with Crippen LogP contribution in [0, 0.1) is 0 Å². The van der Waals surface area contributed by atoms with Crippen molar-refractivity contribution in [2.24, 2.45) is 0 Å². The third kappa shape index (κ3) is 5.33. The summed E-state index contributed by atoms with van der Waals surface area (Å²) in [6.07, 6.45) is 5.11. The highest BCUT2D eigenvalue weighted by molar-refractivity contribution is 6.45. The Bertz CT molecular complexity index is 264. The smallest absolute Gasteiger partial charge is 0.382 e. The van der Waals surface area contributed by atoms with Gasteiger partial charge in [0.1, 0.15) is 5.75 Å². The lowest BCUT2D eigenvalue weighted by atomic mass is 10.2.